The second-order valence-electron chi connectivity index (χ2n) is 14.4. The van der Waals surface area contributed by atoms with Crippen molar-refractivity contribution in [3.05, 3.63) is 47.3 Å². The molecule has 4 bridgehead atoms. The smallest absolute Gasteiger partial charge is 0.318 e. The van der Waals surface area contributed by atoms with Gasteiger partial charge in [-0.15, -0.1) is 0 Å². The van der Waals surface area contributed by atoms with Crippen molar-refractivity contribution in [2.75, 3.05) is 20.2 Å². The van der Waals surface area contributed by atoms with Gasteiger partial charge in [0.15, 0.2) is 5.88 Å². The van der Waals surface area contributed by atoms with Gasteiger partial charge in [0.25, 0.3) is 5.91 Å². The first-order chi connectivity index (χ1) is 22.7. The van der Waals surface area contributed by atoms with E-state index >= 15 is 0 Å². The number of imidazole rings is 1. The second kappa shape index (κ2) is 10.7. The Morgan fingerprint density at radius 3 is 2.55 bits per heavy atom. The Morgan fingerprint density at radius 2 is 1.87 bits per heavy atom. The van der Waals surface area contributed by atoms with Gasteiger partial charge in [0.1, 0.15) is 17.0 Å². The van der Waals surface area contributed by atoms with E-state index in [0.717, 1.165) is 66.0 Å². The van der Waals surface area contributed by atoms with Crippen LogP contribution in [0.1, 0.15) is 73.2 Å². The van der Waals surface area contributed by atoms with Gasteiger partial charge in [-0.05, 0) is 76.1 Å². The molecule has 47 heavy (non-hydrogen) atoms. The van der Waals surface area contributed by atoms with Gasteiger partial charge in [-0.25, -0.2) is 14.8 Å². The summed E-state index contributed by atoms with van der Waals surface area (Å²) in [6.45, 7) is 6.16. The fraction of sp³-hybridized carbons (Fsp3) is 0.543. The van der Waals surface area contributed by atoms with Crippen LogP contribution in [0.2, 0.25) is 0 Å². The summed E-state index contributed by atoms with van der Waals surface area (Å²) < 4.78 is 15.8. The monoisotopic (exact) mass is 638 g/mol. The van der Waals surface area contributed by atoms with Crippen molar-refractivity contribution in [1.29, 1.82) is 0 Å². The van der Waals surface area contributed by atoms with E-state index in [4.69, 9.17) is 25.2 Å². The first kappa shape index (κ1) is 29.0. The van der Waals surface area contributed by atoms with Gasteiger partial charge >= 0.3 is 6.03 Å². The zero-order valence-corrected chi connectivity index (χ0v) is 27.2. The van der Waals surface area contributed by atoms with Crippen LogP contribution in [0.4, 0.5) is 4.79 Å². The number of urea groups is 1. The molecule has 6 fully saturated rings. The van der Waals surface area contributed by atoms with E-state index in [1.807, 2.05) is 46.2 Å². The van der Waals surface area contributed by atoms with Crippen LogP contribution in [0, 0.1) is 12.8 Å². The van der Waals surface area contributed by atoms with Crippen molar-refractivity contribution in [1.82, 2.24) is 34.1 Å². The van der Waals surface area contributed by atoms with Gasteiger partial charge in [-0.3, -0.25) is 9.20 Å². The van der Waals surface area contributed by atoms with Crippen molar-refractivity contribution in [3.63, 3.8) is 0 Å². The molecule has 12 heteroatoms. The molecule has 6 aliphatic rings. The van der Waals surface area contributed by atoms with E-state index in [1.165, 1.54) is 12.8 Å². The maximum Gasteiger partial charge on any atom is 0.318 e. The molecule has 4 aromatic rings. The van der Waals surface area contributed by atoms with Gasteiger partial charge in [0.2, 0.25) is 0 Å². The number of methoxy groups -OCH3 is 1. The Bertz CT molecular complexity index is 1910. The van der Waals surface area contributed by atoms with Crippen molar-refractivity contribution in [3.8, 4) is 17.3 Å². The number of nitrogens with zero attached hydrogens (tertiary/aromatic N) is 6. The lowest BCUT2D eigenvalue weighted by molar-refractivity contribution is -0.170. The first-order valence-corrected chi connectivity index (χ1v) is 17.1. The van der Waals surface area contributed by atoms with E-state index < -0.39 is 0 Å². The summed E-state index contributed by atoms with van der Waals surface area (Å²) in [5.41, 5.74) is 12.1. The maximum absolute atomic E-state index is 13.8. The largest absolute Gasteiger partial charge is 0.482 e. The molecular formula is C35H42N8O4. The Labute approximate surface area is 273 Å². The lowest BCUT2D eigenvalue weighted by Crippen LogP contribution is -2.60. The number of rotatable bonds is 7. The molecule has 3 N–H and O–H groups in total. The zero-order chi connectivity index (χ0) is 32.1. The molecule has 0 spiro atoms. The fourth-order valence-corrected chi connectivity index (χ4v) is 8.49. The average molecular weight is 639 g/mol. The molecule has 5 saturated heterocycles. The molecular weight excluding hydrogens is 596 g/mol. The van der Waals surface area contributed by atoms with Gasteiger partial charge in [0, 0.05) is 61.2 Å². The number of morpholine rings is 1. The van der Waals surface area contributed by atoms with Crippen LogP contribution in [-0.4, -0.2) is 91.2 Å². The molecule has 10 rings (SSSR count). The standard InChI is InChI=1S/C35H42N8O4/c1-18(37-35(45)40-16-24-14-25(17-40)47-24)27-8-6-21-10-29(41(33(21)38-27)15-20-4-5-20)32-19(2)42-30(39-32)11-22(12-31(42)46-3)34(44)43-23-7-9-28(43)26(36)13-23/h6,8,10-12,18,20,23-26,28H,4-5,7,9,13-17,36H2,1-3H3,(H,37,45)/t18-,23+,24?,25?,26-,28-/m1/s1. The lowest BCUT2D eigenvalue weighted by Gasteiger charge is -2.47. The number of nitrogens with one attached hydrogen (secondary N) is 1. The second-order valence-corrected chi connectivity index (χ2v) is 14.4. The van der Waals surface area contributed by atoms with Crippen LogP contribution >= 0.6 is 0 Å². The summed E-state index contributed by atoms with van der Waals surface area (Å²) in [6.07, 6.45) is 6.61. The number of nitrogens with two attached hydrogens (primary N) is 1. The number of amides is 3. The quantitative estimate of drug-likeness (QED) is 0.313. The van der Waals surface area contributed by atoms with E-state index in [1.54, 1.807) is 7.11 Å². The number of fused-ring (bicyclic) bond motifs is 6. The minimum Gasteiger partial charge on any atom is -0.482 e. The number of hydrogen-bond acceptors (Lipinski definition) is 7. The molecule has 246 valence electrons. The molecule has 6 atom stereocenters. The van der Waals surface area contributed by atoms with Gasteiger partial charge in [0.05, 0.1) is 42.4 Å². The fourth-order valence-electron chi connectivity index (χ4n) is 8.49. The van der Waals surface area contributed by atoms with Crippen molar-refractivity contribution in [2.24, 2.45) is 11.7 Å². The van der Waals surface area contributed by atoms with Crippen LogP contribution in [0.25, 0.3) is 28.1 Å². The molecule has 0 aromatic carbocycles. The molecule has 2 unspecified atom stereocenters. The van der Waals surface area contributed by atoms with Crippen molar-refractivity contribution >= 4 is 28.6 Å². The van der Waals surface area contributed by atoms with Crippen LogP contribution in [-0.2, 0) is 11.3 Å². The number of ether oxygens (including phenoxy) is 2. The third-order valence-electron chi connectivity index (χ3n) is 11.2. The third kappa shape index (κ3) is 4.70. The Kier molecular flexibility index (Phi) is 6.59. The highest BCUT2D eigenvalue weighted by atomic mass is 16.5. The number of pyridine rings is 2. The molecule has 1 saturated carbocycles. The number of piperidine rings is 1. The normalized spacial score (nSPS) is 27.0. The van der Waals surface area contributed by atoms with Gasteiger partial charge in [-0.2, -0.15) is 0 Å². The number of carbonyl (C=O) groups excluding carboxylic acids is 2. The predicted octanol–water partition coefficient (Wildman–Crippen LogP) is 4.03. The summed E-state index contributed by atoms with van der Waals surface area (Å²) in [6, 6.07) is 10.0. The van der Waals surface area contributed by atoms with E-state index in [2.05, 4.69) is 22.0 Å². The summed E-state index contributed by atoms with van der Waals surface area (Å²) in [5, 5.41) is 4.19. The molecule has 12 nitrogen and oxygen atoms in total. The molecule has 4 aromatic heterocycles. The summed E-state index contributed by atoms with van der Waals surface area (Å²) in [4.78, 5) is 41.0. The molecule has 0 radical (unpaired) electrons. The van der Waals surface area contributed by atoms with Gasteiger partial charge < -0.3 is 34.9 Å². The van der Waals surface area contributed by atoms with Crippen LogP contribution < -0.4 is 15.8 Å². The number of carbonyl (C=O) groups is 2. The van der Waals surface area contributed by atoms with Crippen LogP contribution in [0.3, 0.4) is 0 Å². The Balaban J connectivity index is 1.06. The average Bonchev–Trinajstić information content (AvgIpc) is 3.38. The Hall–Kier alpha value is -4.16. The number of aryl methyl sites for hydroxylation is 1. The van der Waals surface area contributed by atoms with Crippen LogP contribution in [0.15, 0.2) is 30.3 Å². The molecule has 5 aliphatic heterocycles. The maximum atomic E-state index is 13.8. The van der Waals surface area contributed by atoms with Crippen LogP contribution in [0.5, 0.6) is 5.88 Å². The summed E-state index contributed by atoms with van der Waals surface area (Å²) >= 11 is 0. The highest BCUT2D eigenvalue weighted by Gasteiger charge is 2.47. The van der Waals surface area contributed by atoms with Crippen molar-refractivity contribution in [2.45, 2.75) is 95.3 Å². The minimum atomic E-state index is -0.253. The van der Waals surface area contributed by atoms with Crippen molar-refractivity contribution < 1.29 is 19.1 Å². The minimum absolute atomic E-state index is 0.000313. The highest BCUT2D eigenvalue weighted by Crippen LogP contribution is 2.40. The van der Waals surface area contributed by atoms with E-state index in [-0.39, 0.29) is 48.3 Å². The molecule has 3 amide bonds. The predicted molar refractivity (Wildman–Crippen MR) is 175 cm³/mol. The topological polar surface area (TPSA) is 132 Å². The summed E-state index contributed by atoms with van der Waals surface area (Å²) in [5.74, 6) is 1.17. The lowest BCUT2D eigenvalue weighted by atomic mass is 9.97. The molecule has 9 heterocycles. The summed E-state index contributed by atoms with van der Waals surface area (Å²) in [7, 11) is 1.63. The number of aromatic nitrogens is 4. The number of hydrogen-bond donors (Lipinski definition) is 2. The SMILES string of the molecule is COc1cc(C(=O)N2[C@H]3CC[C@@H]2[C@H](N)C3)cc2nc(-c3cc4ccc([C@@H](C)NC(=O)N5CC6CC(C5)O6)nc4n3CC3CC3)c(C)n12. The van der Waals surface area contributed by atoms with E-state index in [9.17, 15) is 9.59 Å². The van der Waals surface area contributed by atoms with E-state index in [0.29, 0.717) is 36.1 Å². The molecule has 1 aliphatic carbocycles. The van der Waals surface area contributed by atoms with Gasteiger partial charge in [-0.1, -0.05) is 0 Å². The first-order valence-electron chi connectivity index (χ1n) is 17.1. The third-order valence-corrected chi connectivity index (χ3v) is 11.2. The Morgan fingerprint density at radius 1 is 1.09 bits per heavy atom. The highest BCUT2D eigenvalue weighted by molar-refractivity contribution is 5.97. The zero-order valence-electron chi connectivity index (χ0n) is 27.2.